The topological polar surface area (TPSA) is 480 Å². The molecule has 34 nitrogen and oxygen atoms in total. The van der Waals surface area contributed by atoms with E-state index in [0.29, 0.717) is 57.1 Å². The van der Waals surface area contributed by atoms with E-state index in [-0.39, 0.29) is 78.8 Å². The van der Waals surface area contributed by atoms with E-state index in [0.717, 1.165) is 26.5 Å². The van der Waals surface area contributed by atoms with Crippen LogP contribution in [-0.4, -0.2) is 267 Å². The molecule has 0 radical (unpaired) electrons. The predicted molar refractivity (Wildman–Crippen MR) is 490 cm³/mol. The zero-order valence-electron chi connectivity index (χ0n) is 74.3. The number of carboxylic acid groups (broad SMARTS) is 1. The lowest BCUT2D eigenvalue weighted by Gasteiger charge is -2.37. The minimum atomic E-state index is -1.91. The number of nitrogens with one attached hydrogen (secondary N) is 10. The maximum absolute atomic E-state index is 15.5. The fourth-order valence-corrected chi connectivity index (χ4v) is 16.2. The molecule has 14 N–H and O–H groups in total. The summed E-state index contributed by atoms with van der Waals surface area (Å²) >= 11 is 13.8. The number of aromatic nitrogens is 1. The lowest BCUT2D eigenvalue weighted by atomic mass is 9.98. The van der Waals surface area contributed by atoms with Crippen LogP contribution in [-0.2, 0) is 115 Å². The number of aromatic hydroxyl groups is 1. The summed E-state index contributed by atoms with van der Waals surface area (Å²) < 4.78 is 0. The van der Waals surface area contributed by atoms with E-state index < -0.39 is 199 Å². The van der Waals surface area contributed by atoms with Gasteiger partial charge in [-0.1, -0.05) is 198 Å². The van der Waals surface area contributed by atoms with Crippen LogP contribution >= 0.6 is 35.0 Å². The number of phenols is 1. The van der Waals surface area contributed by atoms with E-state index in [1.807, 2.05) is 6.92 Å². The van der Waals surface area contributed by atoms with Crippen LogP contribution in [0.15, 0.2) is 164 Å². The third-order valence-corrected chi connectivity index (χ3v) is 23.9. The SMILES string of the molecule is CCCC[C@H]1C(=O)N(C)CC(=O)N[C@@H](CC(=O)O)C(=O)N[C@@H](C(C)C)C(=O)N(C)[C@@H](Cc2ccccc2)C(=O)N[C@@H](Cc2ccc(O)cc2)C(=O)N(C)CC(=O)N[C@@H](Cc2c[nH]c3ccccc23)C(=O)NC(Cc2ccc(Cl)c(Cl)c2)C(=O)N[C@@H](CC(C)C)C(=O)N[C@H](C(=O)NCC(N)=O)CSCC(=O)N[C@@H](Cc2ccccc2)C(=O)N(C)[C@@H](Cc2ccccc2)C(=O)N1C. The maximum Gasteiger partial charge on any atom is 0.305 e. The fourth-order valence-electron chi connectivity index (χ4n) is 15.0. The molecule has 8 rings (SSSR count). The second-order valence-electron chi connectivity index (χ2n) is 33.1. The smallest absolute Gasteiger partial charge is 0.305 e. The van der Waals surface area contributed by atoms with Crippen molar-refractivity contribution >= 4 is 140 Å². The van der Waals surface area contributed by atoms with Gasteiger partial charge in [0, 0.05) is 96.6 Å². The minimum absolute atomic E-state index is 0.0291. The standard InChI is InChI=1S/C93H116Cl2N16O18S/c1-11-12-32-74-91(127)108(7)51-79(115)100-70(47-81(117)118)87(123)106-82(55(4)5)93(129)110(9)75(44-57-26-18-14-19-27-57)88(124)104-71(42-59-33-36-62(112)37-34-59)89(125)107(6)50-78(114)99-69(46-61-48-97-66-31-23-22-30-63(61)66)86(122)103-68(43-60-35-38-64(94)65(95)40-60)85(121)102-67(39-54(2)3)84(120)105-73(83(119)98-49-77(96)113)52-130-53-80(116)101-72(41-56-24-16-13-17-25-56)90(126)111(10)76(92(128)109(74)8)45-58-28-20-15-21-29-58/h13-31,33-38,40,48,54-55,67-76,82,97,112H,11-12,32,39,41-47,49-53H2,1-10H3,(H2,96,113)(H,98,119)(H,99,114)(H,100,115)(H,101,116)(H,102,121)(H,103,122)(H,104,124)(H,105,120)(H,106,123)(H,117,118)/t67-,68?,69-,70-,71-,72-,73-,74-,75-,76-,82-/m0/s1. The van der Waals surface area contributed by atoms with Crippen molar-refractivity contribution in [3.63, 3.8) is 0 Å². The van der Waals surface area contributed by atoms with Gasteiger partial charge in [0.15, 0.2) is 0 Å². The summed E-state index contributed by atoms with van der Waals surface area (Å²) in [6.45, 7) is 6.16. The van der Waals surface area contributed by atoms with Crippen LogP contribution in [0.3, 0.4) is 0 Å². The molecule has 1 aliphatic rings. The molecule has 1 fully saturated rings. The number of rotatable bonds is 23. The molecule has 0 saturated carbocycles. The van der Waals surface area contributed by atoms with Gasteiger partial charge in [-0.05, 0) is 88.4 Å². The number of para-hydroxylation sites is 1. The molecule has 0 aliphatic carbocycles. The van der Waals surface area contributed by atoms with Crippen LogP contribution in [0.1, 0.15) is 100 Å². The zero-order valence-corrected chi connectivity index (χ0v) is 76.6. The molecule has 6 aromatic carbocycles. The van der Waals surface area contributed by atoms with E-state index >= 15 is 43.2 Å². The van der Waals surface area contributed by atoms with Gasteiger partial charge in [0.1, 0.15) is 72.2 Å². The van der Waals surface area contributed by atoms with E-state index in [9.17, 15) is 43.8 Å². The third-order valence-electron chi connectivity index (χ3n) is 22.1. The Labute approximate surface area is 769 Å². The molecule has 2 heterocycles. The van der Waals surface area contributed by atoms with Crippen LogP contribution in [0, 0.1) is 11.8 Å². The summed E-state index contributed by atoms with van der Waals surface area (Å²) in [4.78, 5) is 244. The van der Waals surface area contributed by atoms with E-state index in [4.69, 9.17) is 28.9 Å². The Morgan fingerprint density at radius 3 is 1.53 bits per heavy atom. The number of aliphatic carboxylic acids is 1. The van der Waals surface area contributed by atoms with Gasteiger partial charge in [0.2, 0.25) is 88.6 Å². The second kappa shape index (κ2) is 49.6. The highest BCUT2D eigenvalue weighted by Gasteiger charge is 2.42. The molecule has 1 unspecified atom stereocenters. The summed E-state index contributed by atoms with van der Waals surface area (Å²) in [7, 11) is 6.54. The molecule has 0 bridgehead atoms. The molecule has 1 aliphatic heterocycles. The summed E-state index contributed by atoms with van der Waals surface area (Å²) in [6.07, 6.45) is 0.0385. The molecule has 0 spiro atoms. The highest BCUT2D eigenvalue weighted by Crippen LogP contribution is 2.27. The molecular formula is C93H116Cl2N16O18S. The number of primary amides is 1. The summed E-state index contributed by atoms with van der Waals surface area (Å²) in [5.41, 5.74) is 9.07. The summed E-state index contributed by atoms with van der Waals surface area (Å²) in [5.74, 6) is -17.4. The van der Waals surface area contributed by atoms with Gasteiger partial charge in [0.05, 0.1) is 41.9 Å². The van der Waals surface area contributed by atoms with Crippen molar-refractivity contribution in [1.29, 1.82) is 0 Å². The third kappa shape index (κ3) is 30.7. The normalized spacial score (nSPS) is 21.8. The van der Waals surface area contributed by atoms with E-state index in [1.54, 1.807) is 155 Å². The number of carboxylic acids is 1. The number of halogens is 2. The molecule has 696 valence electrons. The van der Waals surface area contributed by atoms with Crippen molar-refractivity contribution in [1.82, 2.24) is 77.3 Å². The molecule has 37 heteroatoms. The molecule has 7 aromatic rings. The van der Waals surface area contributed by atoms with Crippen molar-refractivity contribution < 1.29 is 86.9 Å². The monoisotopic (exact) mass is 1850 g/mol. The van der Waals surface area contributed by atoms with Gasteiger partial charge < -0.3 is 93.3 Å². The van der Waals surface area contributed by atoms with Crippen LogP contribution < -0.4 is 53.6 Å². The maximum atomic E-state index is 15.5. The number of phenolic OH excluding ortho intramolecular Hbond substituents is 1. The van der Waals surface area contributed by atoms with Gasteiger partial charge in [-0.25, -0.2) is 0 Å². The number of nitrogens with zero attached hydrogens (tertiary/aromatic N) is 5. The van der Waals surface area contributed by atoms with Crippen LogP contribution in [0.5, 0.6) is 5.75 Å². The number of unbranched alkanes of at least 4 members (excludes halogenated alkanes) is 1. The molecule has 1 aromatic heterocycles. The largest absolute Gasteiger partial charge is 0.508 e. The Morgan fingerprint density at radius 1 is 0.485 bits per heavy atom. The van der Waals surface area contributed by atoms with E-state index in [1.165, 1.54) is 81.4 Å². The van der Waals surface area contributed by atoms with Crippen molar-refractivity contribution in [2.75, 3.05) is 66.4 Å². The first kappa shape index (κ1) is 102. The number of benzene rings is 6. The van der Waals surface area contributed by atoms with Crippen LogP contribution in [0.2, 0.25) is 10.0 Å². The number of amides is 15. The fraction of sp³-hybridized carbons (Fsp3) is 0.419. The minimum Gasteiger partial charge on any atom is -0.508 e. The predicted octanol–water partition coefficient (Wildman–Crippen LogP) is 3.93. The highest BCUT2D eigenvalue weighted by molar-refractivity contribution is 8.00. The zero-order chi connectivity index (χ0) is 95.2. The van der Waals surface area contributed by atoms with E-state index in [2.05, 4.69) is 52.8 Å². The molecule has 1 saturated heterocycles. The summed E-state index contributed by atoms with van der Waals surface area (Å²) in [6, 6.07) is 26.0. The average molecular weight is 1850 g/mol. The number of likely N-dealkylation sites (N-methyl/N-ethyl adjacent to an activating group) is 5. The first-order chi connectivity index (χ1) is 61.8. The number of carbonyl (C=O) groups is 16. The summed E-state index contributed by atoms with van der Waals surface area (Å²) in [5, 5.41) is 45.5. The lowest BCUT2D eigenvalue weighted by Crippen LogP contribution is -2.61. The first-order valence-corrected chi connectivity index (χ1v) is 44.6. The Balaban J connectivity index is 1.22. The molecule has 11 atom stereocenters. The lowest BCUT2D eigenvalue weighted by molar-refractivity contribution is -0.151. The number of aromatic amines is 1. The van der Waals surface area contributed by atoms with Crippen LogP contribution in [0.4, 0.5) is 0 Å². The Morgan fingerprint density at radius 2 is 0.962 bits per heavy atom. The van der Waals surface area contributed by atoms with Gasteiger partial charge in [0.25, 0.3) is 0 Å². The Bertz CT molecular complexity index is 5150. The second-order valence-corrected chi connectivity index (χ2v) is 35.0. The van der Waals surface area contributed by atoms with Crippen molar-refractivity contribution in [3.05, 3.63) is 207 Å². The number of fused-ring (bicyclic) bond motifs is 1. The number of H-pyrrole nitrogens is 1. The Kier molecular flexibility index (Phi) is 39.1. The highest BCUT2D eigenvalue weighted by atomic mass is 35.5. The quantitative estimate of drug-likeness (QED) is 0.0431. The van der Waals surface area contributed by atoms with Gasteiger partial charge in [-0.15, -0.1) is 11.8 Å². The number of hydrogen-bond donors (Lipinski definition) is 13. The Hall–Kier alpha value is -12.9. The number of thioether (sulfide) groups is 1. The first-order valence-electron chi connectivity index (χ1n) is 42.7. The van der Waals surface area contributed by atoms with Crippen molar-refractivity contribution in [2.45, 2.75) is 172 Å². The van der Waals surface area contributed by atoms with Gasteiger partial charge >= 0.3 is 5.97 Å². The number of hydrogen-bond acceptors (Lipinski definition) is 18. The van der Waals surface area contributed by atoms with Crippen molar-refractivity contribution in [2.24, 2.45) is 17.6 Å². The number of nitrogens with two attached hydrogens (primary N) is 1. The molecule has 130 heavy (non-hydrogen) atoms. The molecular weight excluding hydrogens is 1730 g/mol. The van der Waals surface area contributed by atoms with Gasteiger partial charge in [-0.3, -0.25) is 76.7 Å². The van der Waals surface area contributed by atoms with Crippen molar-refractivity contribution in [3.8, 4) is 5.75 Å². The molecule has 15 amide bonds. The van der Waals surface area contributed by atoms with Gasteiger partial charge in [-0.2, -0.15) is 0 Å². The van der Waals surface area contributed by atoms with Crippen LogP contribution in [0.25, 0.3) is 10.9 Å². The average Bonchev–Trinajstić information content (AvgIpc) is 0.896. The number of carbonyl (C=O) groups excluding carboxylic acids is 15.